The number of ether oxygens (including phenoxy) is 1. The van der Waals surface area contributed by atoms with Crippen LogP contribution < -0.4 is 10.5 Å². The first-order valence-corrected chi connectivity index (χ1v) is 4.37. The molecule has 1 atom stereocenters. The molecule has 5 heteroatoms. The summed E-state index contributed by atoms with van der Waals surface area (Å²) in [7, 11) is 1.34. The molecule has 3 nitrogen and oxygen atoms in total. The summed E-state index contributed by atoms with van der Waals surface area (Å²) in [6.07, 6.45) is 0. The lowest BCUT2D eigenvalue weighted by atomic mass is 10.1. The third-order valence-corrected chi connectivity index (χ3v) is 2.22. The molecule has 0 heterocycles. The first-order valence-electron chi connectivity index (χ1n) is 3.99. The van der Waals surface area contributed by atoms with E-state index >= 15 is 0 Å². The molecule has 0 fully saturated rings. The molecular formula is C9H11ClFNO2. The van der Waals surface area contributed by atoms with Crippen molar-refractivity contribution < 1.29 is 14.2 Å². The van der Waals surface area contributed by atoms with Gasteiger partial charge in [-0.3, -0.25) is 0 Å². The van der Waals surface area contributed by atoms with Crippen LogP contribution in [0, 0.1) is 5.82 Å². The Labute approximate surface area is 86.2 Å². The average Bonchev–Trinajstić information content (AvgIpc) is 2.10. The van der Waals surface area contributed by atoms with Gasteiger partial charge in [0.25, 0.3) is 0 Å². The van der Waals surface area contributed by atoms with Gasteiger partial charge in [0, 0.05) is 17.7 Å². The number of phenols is 1. The highest BCUT2D eigenvalue weighted by Gasteiger charge is 2.19. The van der Waals surface area contributed by atoms with Crippen LogP contribution in [0.3, 0.4) is 0 Å². The van der Waals surface area contributed by atoms with Gasteiger partial charge in [-0.25, -0.2) is 4.39 Å². The van der Waals surface area contributed by atoms with Crippen LogP contribution in [0.5, 0.6) is 11.5 Å². The zero-order valence-electron chi connectivity index (χ0n) is 7.84. The molecule has 0 saturated heterocycles. The van der Waals surface area contributed by atoms with Crippen LogP contribution in [0.15, 0.2) is 6.07 Å². The van der Waals surface area contributed by atoms with E-state index in [2.05, 4.69) is 0 Å². The van der Waals surface area contributed by atoms with Crippen molar-refractivity contribution in [3.05, 3.63) is 22.5 Å². The van der Waals surface area contributed by atoms with Crippen molar-refractivity contribution in [1.82, 2.24) is 0 Å². The van der Waals surface area contributed by atoms with E-state index in [0.717, 1.165) is 0 Å². The Balaban J connectivity index is 3.41. The highest BCUT2D eigenvalue weighted by Crippen LogP contribution is 2.37. The summed E-state index contributed by atoms with van der Waals surface area (Å²) < 4.78 is 18.3. The maximum Gasteiger partial charge on any atom is 0.154 e. The van der Waals surface area contributed by atoms with Crippen LogP contribution in [0.4, 0.5) is 4.39 Å². The van der Waals surface area contributed by atoms with Crippen molar-refractivity contribution in [2.24, 2.45) is 5.73 Å². The van der Waals surface area contributed by atoms with Gasteiger partial charge in [-0.05, 0) is 6.92 Å². The lowest BCUT2D eigenvalue weighted by Gasteiger charge is -2.13. The molecule has 0 saturated carbocycles. The molecule has 0 spiro atoms. The molecule has 1 rings (SSSR count). The lowest BCUT2D eigenvalue weighted by Crippen LogP contribution is -2.08. The summed E-state index contributed by atoms with van der Waals surface area (Å²) in [5, 5.41) is 9.27. The molecule has 0 aliphatic rings. The number of halogens is 2. The highest BCUT2D eigenvalue weighted by atomic mass is 35.5. The number of phenolic OH excluding ortho intramolecular Hbond substituents is 1. The molecule has 0 bridgehead atoms. The van der Waals surface area contributed by atoms with Crippen LogP contribution in [0.1, 0.15) is 18.5 Å². The summed E-state index contributed by atoms with van der Waals surface area (Å²) >= 11 is 5.65. The predicted octanol–water partition coefficient (Wildman–Crippen LogP) is 2.21. The van der Waals surface area contributed by atoms with Crippen molar-refractivity contribution in [2.75, 3.05) is 7.11 Å². The fourth-order valence-electron chi connectivity index (χ4n) is 1.19. The summed E-state index contributed by atoms with van der Waals surface area (Å²) in [6, 6.07) is 0.614. The predicted molar refractivity (Wildman–Crippen MR) is 52.2 cm³/mol. The minimum atomic E-state index is -0.737. The molecular weight excluding hydrogens is 209 g/mol. The molecule has 1 unspecified atom stereocenters. The minimum Gasteiger partial charge on any atom is -0.507 e. The highest BCUT2D eigenvalue weighted by molar-refractivity contribution is 6.32. The lowest BCUT2D eigenvalue weighted by molar-refractivity contribution is 0.398. The maximum atomic E-state index is 13.5. The standard InChI is InChI=1S/C9H11ClFNO2/c1-4(12)7-5(13)3-6(14-2)8(10)9(7)11/h3-4,13H,12H2,1-2H3. The van der Waals surface area contributed by atoms with E-state index in [0.29, 0.717) is 0 Å². The molecule has 0 aliphatic carbocycles. The van der Waals surface area contributed by atoms with Gasteiger partial charge in [0.05, 0.1) is 7.11 Å². The van der Waals surface area contributed by atoms with Gasteiger partial charge in [0.2, 0.25) is 0 Å². The van der Waals surface area contributed by atoms with Gasteiger partial charge in [0.1, 0.15) is 16.5 Å². The smallest absolute Gasteiger partial charge is 0.154 e. The first kappa shape index (κ1) is 11.1. The van der Waals surface area contributed by atoms with Gasteiger partial charge >= 0.3 is 0 Å². The van der Waals surface area contributed by atoms with E-state index in [9.17, 15) is 9.50 Å². The zero-order valence-corrected chi connectivity index (χ0v) is 8.60. The number of methoxy groups -OCH3 is 1. The SMILES string of the molecule is COc1cc(O)c(C(C)N)c(F)c1Cl. The Morgan fingerprint density at radius 1 is 1.64 bits per heavy atom. The molecule has 0 aromatic heterocycles. The van der Waals surface area contributed by atoms with Crippen LogP contribution in [-0.4, -0.2) is 12.2 Å². The van der Waals surface area contributed by atoms with Crippen molar-refractivity contribution in [3.63, 3.8) is 0 Å². The Hall–Kier alpha value is -1.00. The minimum absolute atomic E-state index is 0.00389. The fourth-order valence-corrected chi connectivity index (χ4v) is 1.42. The van der Waals surface area contributed by atoms with E-state index in [4.69, 9.17) is 22.1 Å². The second-order valence-corrected chi connectivity index (χ2v) is 3.31. The van der Waals surface area contributed by atoms with Crippen molar-refractivity contribution >= 4 is 11.6 Å². The maximum absolute atomic E-state index is 13.5. The molecule has 1 aromatic carbocycles. The monoisotopic (exact) mass is 219 g/mol. The van der Waals surface area contributed by atoms with E-state index in [-0.39, 0.29) is 22.1 Å². The van der Waals surface area contributed by atoms with Crippen LogP contribution in [0.25, 0.3) is 0 Å². The molecule has 78 valence electrons. The molecule has 14 heavy (non-hydrogen) atoms. The van der Waals surface area contributed by atoms with Gasteiger partial charge in [0.15, 0.2) is 5.82 Å². The summed E-state index contributed by atoms with van der Waals surface area (Å²) in [5.41, 5.74) is 5.47. The van der Waals surface area contributed by atoms with Crippen molar-refractivity contribution in [3.8, 4) is 11.5 Å². The number of nitrogens with two attached hydrogens (primary N) is 1. The van der Waals surface area contributed by atoms with Crippen LogP contribution >= 0.6 is 11.6 Å². The van der Waals surface area contributed by atoms with E-state index in [1.807, 2.05) is 0 Å². The molecule has 0 radical (unpaired) electrons. The normalized spacial score (nSPS) is 12.6. The number of hydrogen-bond donors (Lipinski definition) is 2. The Morgan fingerprint density at radius 3 is 2.64 bits per heavy atom. The van der Waals surface area contributed by atoms with Gasteiger partial charge in [-0.2, -0.15) is 0 Å². The fraction of sp³-hybridized carbons (Fsp3) is 0.333. The van der Waals surface area contributed by atoms with Crippen molar-refractivity contribution in [2.45, 2.75) is 13.0 Å². The van der Waals surface area contributed by atoms with Gasteiger partial charge in [-0.15, -0.1) is 0 Å². The van der Waals surface area contributed by atoms with Crippen LogP contribution in [-0.2, 0) is 0 Å². The topological polar surface area (TPSA) is 55.5 Å². The Kier molecular flexibility index (Phi) is 3.18. The van der Waals surface area contributed by atoms with E-state index in [1.165, 1.54) is 13.2 Å². The van der Waals surface area contributed by atoms with E-state index < -0.39 is 11.9 Å². The number of hydrogen-bond acceptors (Lipinski definition) is 3. The second-order valence-electron chi connectivity index (χ2n) is 2.93. The van der Waals surface area contributed by atoms with Gasteiger partial charge in [-0.1, -0.05) is 11.6 Å². The molecule has 0 aliphatic heterocycles. The summed E-state index contributed by atoms with van der Waals surface area (Å²) in [5.74, 6) is -0.900. The van der Waals surface area contributed by atoms with Crippen LogP contribution in [0.2, 0.25) is 5.02 Å². The average molecular weight is 220 g/mol. The quantitative estimate of drug-likeness (QED) is 0.802. The van der Waals surface area contributed by atoms with E-state index in [1.54, 1.807) is 6.92 Å². The largest absolute Gasteiger partial charge is 0.507 e. The third kappa shape index (κ3) is 1.76. The third-order valence-electron chi connectivity index (χ3n) is 1.86. The summed E-state index contributed by atoms with van der Waals surface area (Å²) in [6.45, 7) is 1.56. The molecule has 1 aromatic rings. The molecule has 0 amide bonds. The number of benzene rings is 1. The summed E-state index contributed by atoms with van der Waals surface area (Å²) in [4.78, 5) is 0. The van der Waals surface area contributed by atoms with Crippen molar-refractivity contribution in [1.29, 1.82) is 0 Å². The Morgan fingerprint density at radius 2 is 2.21 bits per heavy atom. The Bertz CT molecular complexity index is 355. The number of aromatic hydroxyl groups is 1. The first-order chi connectivity index (χ1) is 6.49. The number of rotatable bonds is 2. The zero-order chi connectivity index (χ0) is 10.9. The van der Waals surface area contributed by atoms with Gasteiger partial charge < -0.3 is 15.6 Å². The second kappa shape index (κ2) is 4.02. The molecule has 3 N–H and O–H groups in total.